The van der Waals surface area contributed by atoms with Crippen molar-refractivity contribution in [1.82, 2.24) is 0 Å². The number of hydrogen-bond donors (Lipinski definition) is 1. The summed E-state index contributed by atoms with van der Waals surface area (Å²) in [6.07, 6.45) is 10.2. The first kappa shape index (κ1) is 33.4. The van der Waals surface area contributed by atoms with Crippen LogP contribution < -0.4 is 5.73 Å². The molecule has 0 saturated heterocycles. The lowest BCUT2D eigenvalue weighted by atomic mass is 9.70. The molecule has 1 heterocycles. The number of para-hydroxylation sites is 1. The number of allylic oxidation sites excluding steroid dienone is 2. The second-order valence-corrected chi connectivity index (χ2v) is 16.3. The van der Waals surface area contributed by atoms with Crippen molar-refractivity contribution in [3.8, 4) is 22.3 Å². The molecule has 2 atom stereocenters. The molecule has 1 aromatic heterocycles. The highest BCUT2D eigenvalue weighted by Crippen LogP contribution is 2.63. The van der Waals surface area contributed by atoms with Gasteiger partial charge in [-0.15, -0.1) is 0 Å². The molecule has 60 heavy (non-hydrogen) atoms. The maximum absolute atomic E-state index is 6.78. The van der Waals surface area contributed by atoms with E-state index in [2.05, 4.69) is 164 Å². The van der Waals surface area contributed by atoms with Crippen LogP contribution in [0.4, 0.5) is 0 Å². The summed E-state index contributed by atoms with van der Waals surface area (Å²) in [6.45, 7) is 0. The van der Waals surface area contributed by atoms with Crippen molar-refractivity contribution in [2.45, 2.75) is 11.5 Å². The molecule has 2 unspecified atom stereocenters. The minimum Gasteiger partial charge on any atom is -0.456 e. The summed E-state index contributed by atoms with van der Waals surface area (Å²) in [5.74, 6) is 0. The number of aliphatic imine (C=N–C) groups is 1. The van der Waals surface area contributed by atoms with E-state index in [9.17, 15) is 0 Å². The van der Waals surface area contributed by atoms with Gasteiger partial charge in [-0.1, -0.05) is 152 Å². The minimum absolute atomic E-state index is 0.286. The number of rotatable bonds is 3. The van der Waals surface area contributed by atoms with Crippen LogP contribution in [0.2, 0.25) is 0 Å². The van der Waals surface area contributed by atoms with E-state index in [0.717, 1.165) is 44.3 Å². The highest BCUT2D eigenvalue weighted by molar-refractivity contribution is 6.26. The SMILES string of the molecule is NC1C=CC=C/C1=C(/N=Cc1ccc2c(c1)C1(c3ccccc3-2)c2ccccc2-c2cc3c4ccccc4c4ccccc4c3cc21)c1ccc2oc3ccccc3c2c1. The van der Waals surface area contributed by atoms with Gasteiger partial charge >= 0.3 is 0 Å². The second-order valence-electron chi connectivity index (χ2n) is 16.3. The normalized spacial score (nSPS) is 18.3. The lowest BCUT2D eigenvalue weighted by Crippen LogP contribution is -2.26. The Morgan fingerprint density at radius 1 is 0.483 bits per heavy atom. The van der Waals surface area contributed by atoms with Gasteiger partial charge < -0.3 is 10.2 Å². The van der Waals surface area contributed by atoms with Crippen LogP contribution in [0.1, 0.15) is 33.4 Å². The Labute approximate surface area is 346 Å². The third-order valence-corrected chi connectivity index (χ3v) is 13.3. The first-order chi connectivity index (χ1) is 29.7. The fraction of sp³-hybridized carbons (Fsp3) is 0.0351. The number of hydrogen-bond acceptors (Lipinski definition) is 3. The monoisotopic (exact) mass is 764 g/mol. The number of benzene rings is 9. The molecule has 0 fully saturated rings. The van der Waals surface area contributed by atoms with E-state index in [-0.39, 0.29) is 6.04 Å². The molecule has 0 amide bonds. The van der Waals surface area contributed by atoms with Gasteiger partial charge in [-0.05, 0) is 130 Å². The fourth-order valence-corrected chi connectivity index (χ4v) is 10.8. The van der Waals surface area contributed by atoms with Gasteiger partial charge in [0.25, 0.3) is 0 Å². The lowest BCUT2D eigenvalue weighted by molar-refractivity contribution is 0.669. The molecule has 0 saturated carbocycles. The van der Waals surface area contributed by atoms with Gasteiger partial charge in [0.1, 0.15) is 11.2 Å². The summed E-state index contributed by atoms with van der Waals surface area (Å²) in [5.41, 5.74) is 22.2. The van der Waals surface area contributed by atoms with Crippen LogP contribution in [0.5, 0.6) is 0 Å². The van der Waals surface area contributed by atoms with E-state index < -0.39 is 5.41 Å². The van der Waals surface area contributed by atoms with Crippen molar-refractivity contribution in [3.05, 3.63) is 233 Å². The zero-order valence-electron chi connectivity index (χ0n) is 32.6. The number of furan rings is 1. The van der Waals surface area contributed by atoms with Gasteiger partial charge in [0.2, 0.25) is 0 Å². The first-order valence-corrected chi connectivity index (χ1v) is 20.7. The first-order valence-electron chi connectivity index (χ1n) is 20.7. The van der Waals surface area contributed by atoms with Crippen LogP contribution >= 0.6 is 0 Å². The van der Waals surface area contributed by atoms with Gasteiger partial charge in [0, 0.05) is 22.6 Å². The summed E-state index contributed by atoms with van der Waals surface area (Å²) in [5, 5.41) is 9.84. The van der Waals surface area contributed by atoms with Gasteiger partial charge in [-0.25, -0.2) is 0 Å². The molecule has 280 valence electrons. The second kappa shape index (κ2) is 12.5. The Kier molecular flexibility index (Phi) is 6.93. The average Bonchev–Trinajstić information content (AvgIpc) is 3.92. The molecule has 3 aliphatic rings. The maximum atomic E-state index is 6.78. The quantitative estimate of drug-likeness (QED) is 0.144. The largest absolute Gasteiger partial charge is 0.456 e. The molecular weight excluding hydrogens is 729 g/mol. The average molecular weight is 765 g/mol. The molecule has 0 radical (unpaired) electrons. The molecule has 3 nitrogen and oxygen atoms in total. The third-order valence-electron chi connectivity index (χ3n) is 13.3. The van der Waals surface area contributed by atoms with Gasteiger partial charge in [0.15, 0.2) is 0 Å². The summed E-state index contributed by atoms with van der Waals surface area (Å²) >= 11 is 0. The lowest BCUT2D eigenvalue weighted by Gasteiger charge is -2.31. The zero-order valence-corrected chi connectivity index (χ0v) is 32.6. The van der Waals surface area contributed by atoms with Crippen LogP contribution in [0.15, 0.2) is 209 Å². The van der Waals surface area contributed by atoms with Gasteiger partial charge in [-0.2, -0.15) is 0 Å². The minimum atomic E-state index is -0.517. The Balaban J connectivity index is 1.04. The summed E-state index contributed by atoms with van der Waals surface area (Å²) in [4.78, 5) is 5.35. The zero-order chi connectivity index (χ0) is 39.5. The maximum Gasteiger partial charge on any atom is 0.135 e. The van der Waals surface area contributed by atoms with Crippen molar-refractivity contribution in [3.63, 3.8) is 0 Å². The van der Waals surface area contributed by atoms with Crippen molar-refractivity contribution < 1.29 is 4.42 Å². The van der Waals surface area contributed by atoms with Crippen molar-refractivity contribution in [1.29, 1.82) is 0 Å². The van der Waals surface area contributed by atoms with E-state index in [1.165, 1.54) is 76.8 Å². The molecule has 9 aromatic carbocycles. The smallest absolute Gasteiger partial charge is 0.135 e. The predicted octanol–water partition coefficient (Wildman–Crippen LogP) is 13.7. The van der Waals surface area contributed by atoms with Gasteiger partial charge in [0.05, 0.1) is 17.2 Å². The standard InChI is InChI=1S/C57H36N2O/c58-53-23-11-7-20-44(53)56(35-26-28-55-48(30-35)43-19-8-12-24-54(43)60-55)59-33-34-25-27-42-40-17-5-9-21-49(40)57(51(42)29-34)50-22-10-6-18-41(50)47-31-45-38-15-3-1-13-36(38)37-14-2-4-16-39(37)46(45)32-52(47)57/h1-33,53H,58H2/b56-44-,59-33?. The van der Waals surface area contributed by atoms with Crippen LogP contribution in [0, 0.1) is 0 Å². The Morgan fingerprint density at radius 3 is 1.80 bits per heavy atom. The fourth-order valence-electron chi connectivity index (χ4n) is 10.8. The van der Waals surface area contributed by atoms with Gasteiger partial charge in [-0.3, -0.25) is 4.99 Å². The van der Waals surface area contributed by atoms with Crippen LogP contribution in [0.25, 0.3) is 82.2 Å². The summed E-state index contributed by atoms with van der Waals surface area (Å²) in [6, 6.07) is 62.0. The molecule has 1 spiro atoms. The van der Waals surface area contributed by atoms with E-state index >= 15 is 0 Å². The number of nitrogens with zero attached hydrogens (tertiary/aromatic N) is 1. The van der Waals surface area contributed by atoms with Crippen molar-refractivity contribution in [2.75, 3.05) is 0 Å². The summed E-state index contributed by atoms with van der Waals surface area (Å²) in [7, 11) is 0. The Morgan fingerprint density at radius 2 is 1.07 bits per heavy atom. The highest BCUT2D eigenvalue weighted by Gasteiger charge is 2.51. The van der Waals surface area contributed by atoms with Crippen LogP contribution in [0.3, 0.4) is 0 Å². The van der Waals surface area contributed by atoms with Crippen LogP contribution in [-0.4, -0.2) is 12.3 Å². The van der Waals surface area contributed by atoms with E-state index in [4.69, 9.17) is 15.1 Å². The molecule has 2 N–H and O–H groups in total. The van der Waals surface area contributed by atoms with Crippen LogP contribution in [-0.2, 0) is 5.41 Å². The molecule has 13 rings (SSSR count). The Bertz CT molecular complexity index is 3630. The van der Waals surface area contributed by atoms with Crippen molar-refractivity contribution >= 4 is 66.2 Å². The number of fused-ring (bicyclic) bond motifs is 19. The molecule has 3 heteroatoms. The Hall–Kier alpha value is -7.59. The summed E-state index contributed by atoms with van der Waals surface area (Å²) < 4.78 is 6.21. The topological polar surface area (TPSA) is 51.5 Å². The van der Waals surface area contributed by atoms with E-state index in [0.29, 0.717) is 0 Å². The highest BCUT2D eigenvalue weighted by atomic mass is 16.3. The molecule has 10 aromatic rings. The van der Waals surface area contributed by atoms with E-state index in [1.807, 2.05) is 36.6 Å². The predicted molar refractivity (Wildman–Crippen MR) is 250 cm³/mol. The third kappa shape index (κ3) is 4.50. The molecular formula is C57H36N2O. The van der Waals surface area contributed by atoms with Crippen molar-refractivity contribution in [2.24, 2.45) is 10.7 Å². The number of nitrogens with two attached hydrogens (primary N) is 1. The molecule has 0 bridgehead atoms. The molecule has 3 aliphatic carbocycles. The molecule has 0 aliphatic heterocycles. The van der Waals surface area contributed by atoms with E-state index in [1.54, 1.807) is 0 Å².